The van der Waals surface area contributed by atoms with E-state index in [9.17, 15) is 0 Å². The highest BCUT2D eigenvalue weighted by molar-refractivity contribution is 5.18. The van der Waals surface area contributed by atoms with E-state index in [1.807, 2.05) is 24.7 Å². The lowest BCUT2D eigenvalue weighted by Gasteiger charge is -2.12. The van der Waals surface area contributed by atoms with E-state index in [0.717, 1.165) is 19.3 Å². The summed E-state index contributed by atoms with van der Waals surface area (Å²) >= 11 is 0. The lowest BCUT2D eigenvalue weighted by molar-refractivity contribution is 0.574. The summed E-state index contributed by atoms with van der Waals surface area (Å²) < 4.78 is 0. The van der Waals surface area contributed by atoms with E-state index in [-0.39, 0.29) is 0 Å². The van der Waals surface area contributed by atoms with Crippen LogP contribution in [-0.2, 0) is 19.3 Å². The van der Waals surface area contributed by atoms with Gasteiger partial charge >= 0.3 is 0 Å². The van der Waals surface area contributed by atoms with Crippen LogP contribution in [0.2, 0.25) is 0 Å². The van der Waals surface area contributed by atoms with E-state index < -0.39 is 0 Å². The van der Waals surface area contributed by atoms with Crippen LogP contribution < -0.4 is 0 Å². The number of rotatable bonds is 6. The smallest absolute Gasteiger partial charge is 0.0408 e. The van der Waals surface area contributed by atoms with Crippen LogP contribution in [0.5, 0.6) is 0 Å². The molecule has 20 heavy (non-hydrogen) atoms. The van der Waals surface area contributed by atoms with Crippen molar-refractivity contribution in [2.24, 2.45) is 11.8 Å². The summed E-state index contributed by atoms with van der Waals surface area (Å²) in [7, 11) is 0. The van der Waals surface area contributed by atoms with E-state index in [2.05, 4.69) is 48.9 Å². The second-order valence-electron chi connectivity index (χ2n) is 6.13. The second-order valence-corrected chi connectivity index (χ2v) is 6.13. The van der Waals surface area contributed by atoms with Gasteiger partial charge in [0.15, 0.2) is 0 Å². The lowest BCUT2D eigenvalue weighted by Crippen LogP contribution is -2.05. The van der Waals surface area contributed by atoms with Crippen LogP contribution >= 0.6 is 0 Å². The average Bonchev–Trinajstić information content (AvgIpc) is 2.39. The molecule has 0 bridgehead atoms. The van der Waals surface area contributed by atoms with Crippen molar-refractivity contribution in [3.8, 4) is 0 Å². The first kappa shape index (κ1) is 14.7. The van der Waals surface area contributed by atoms with Crippen LogP contribution in [0.1, 0.15) is 37.6 Å². The van der Waals surface area contributed by atoms with Crippen molar-refractivity contribution >= 4 is 0 Å². The molecule has 2 heteroatoms. The van der Waals surface area contributed by atoms with E-state index in [1.54, 1.807) is 0 Å². The highest BCUT2D eigenvalue weighted by Gasteiger charge is 2.07. The highest BCUT2D eigenvalue weighted by Crippen LogP contribution is 2.15. The van der Waals surface area contributed by atoms with Crippen molar-refractivity contribution in [3.63, 3.8) is 0 Å². The molecule has 0 amide bonds. The molecule has 0 radical (unpaired) electrons. The number of aromatic nitrogens is 2. The van der Waals surface area contributed by atoms with Crippen LogP contribution in [0.4, 0.5) is 0 Å². The van der Waals surface area contributed by atoms with Crippen molar-refractivity contribution in [3.05, 3.63) is 59.7 Å². The molecule has 0 aliphatic carbocycles. The maximum absolute atomic E-state index is 4.46. The van der Waals surface area contributed by atoms with Gasteiger partial charge in [0.25, 0.3) is 0 Å². The predicted molar refractivity (Wildman–Crippen MR) is 83.6 cm³/mol. The third-order valence-corrected chi connectivity index (χ3v) is 3.39. The maximum atomic E-state index is 4.46. The van der Waals surface area contributed by atoms with Crippen LogP contribution in [0.15, 0.2) is 42.9 Å². The molecule has 2 aromatic heterocycles. The van der Waals surface area contributed by atoms with Gasteiger partial charge in [-0.25, -0.2) is 0 Å². The number of nitrogens with zero attached hydrogens (tertiary/aromatic N) is 2. The topological polar surface area (TPSA) is 25.8 Å². The molecule has 0 saturated heterocycles. The number of hydrogen-bond acceptors (Lipinski definition) is 2. The average molecular weight is 268 g/mol. The molecule has 0 fully saturated rings. The molecule has 0 aliphatic heterocycles. The van der Waals surface area contributed by atoms with E-state index in [4.69, 9.17) is 0 Å². The molecule has 1 unspecified atom stereocenters. The van der Waals surface area contributed by atoms with Crippen molar-refractivity contribution < 1.29 is 0 Å². The Morgan fingerprint density at radius 1 is 0.950 bits per heavy atom. The largest absolute Gasteiger partial charge is 0.264 e. The third kappa shape index (κ3) is 4.76. The second kappa shape index (κ2) is 7.18. The molecule has 106 valence electrons. The molecule has 2 heterocycles. The zero-order chi connectivity index (χ0) is 14.4. The van der Waals surface area contributed by atoms with Gasteiger partial charge in [0.05, 0.1) is 0 Å². The number of hydrogen-bond donors (Lipinski definition) is 0. The minimum absolute atomic E-state index is 0.619. The van der Waals surface area contributed by atoms with Crippen LogP contribution in [0.3, 0.4) is 0 Å². The van der Waals surface area contributed by atoms with Crippen LogP contribution in [0.25, 0.3) is 0 Å². The fourth-order valence-electron chi connectivity index (χ4n) is 2.58. The normalized spacial score (nSPS) is 12.6. The fraction of sp³-hybridized carbons (Fsp3) is 0.444. The Kier molecular flexibility index (Phi) is 5.28. The molecule has 0 saturated carbocycles. The molecule has 2 nitrogen and oxygen atoms in total. The first-order valence-corrected chi connectivity index (χ1v) is 7.46. The minimum atomic E-state index is 0.619. The Hall–Kier alpha value is -1.70. The molecule has 0 N–H and O–H groups in total. The van der Waals surface area contributed by atoms with E-state index in [0.29, 0.717) is 11.8 Å². The van der Waals surface area contributed by atoms with Gasteiger partial charge in [-0.15, -0.1) is 0 Å². The van der Waals surface area contributed by atoms with Crippen molar-refractivity contribution in [2.75, 3.05) is 0 Å². The van der Waals surface area contributed by atoms with E-state index in [1.165, 1.54) is 16.8 Å². The van der Waals surface area contributed by atoms with Gasteiger partial charge in [-0.2, -0.15) is 0 Å². The molecule has 0 spiro atoms. The van der Waals surface area contributed by atoms with Crippen molar-refractivity contribution in [2.45, 2.75) is 40.0 Å². The molecule has 2 aromatic rings. The Morgan fingerprint density at radius 2 is 1.75 bits per heavy atom. The van der Waals surface area contributed by atoms with Gasteiger partial charge in [0.2, 0.25) is 0 Å². The van der Waals surface area contributed by atoms with Crippen LogP contribution in [0, 0.1) is 11.8 Å². The fourth-order valence-corrected chi connectivity index (χ4v) is 2.58. The monoisotopic (exact) mass is 268 g/mol. The van der Waals surface area contributed by atoms with Crippen molar-refractivity contribution in [1.82, 2.24) is 9.97 Å². The summed E-state index contributed by atoms with van der Waals surface area (Å²) in [5.74, 6) is 1.28. The highest BCUT2D eigenvalue weighted by atomic mass is 14.7. The molecule has 1 atom stereocenters. The predicted octanol–water partition coefficient (Wildman–Crippen LogP) is 4.10. The summed E-state index contributed by atoms with van der Waals surface area (Å²) in [5, 5.41) is 0. The number of pyridine rings is 2. The third-order valence-electron chi connectivity index (χ3n) is 3.39. The zero-order valence-electron chi connectivity index (χ0n) is 12.7. The summed E-state index contributed by atoms with van der Waals surface area (Å²) in [4.78, 5) is 8.64. The molecule has 0 aliphatic rings. The summed E-state index contributed by atoms with van der Waals surface area (Å²) in [6.45, 7) is 6.77. The molecular weight excluding hydrogens is 244 g/mol. The summed E-state index contributed by atoms with van der Waals surface area (Å²) in [5.41, 5.74) is 3.93. The minimum Gasteiger partial charge on any atom is -0.264 e. The molecule has 0 aromatic carbocycles. The Morgan fingerprint density at radius 3 is 2.45 bits per heavy atom. The summed E-state index contributed by atoms with van der Waals surface area (Å²) in [6.07, 6.45) is 8.98. The Balaban J connectivity index is 1.95. The van der Waals surface area contributed by atoms with Gasteiger partial charge in [-0.3, -0.25) is 9.97 Å². The first-order valence-electron chi connectivity index (χ1n) is 7.46. The van der Waals surface area contributed by atoms with Gasteiger partial charge in [0.1, 0.15) is 0 Å². The van der Waals surface area contributed by atoms with Gasteiger partial charge < -0.3 is 0 Å². The first-order chi connectivity index (χ1) is 9.63. The Labute approximate surface area is 122 Å². The zero-order valence-corrected chi connectivity index (χ0v) is 12.7. The summed E-state index contributed by atoms with van der Waals surface area (Å²) in [6, 6.07) is 8.57. The van der Waals surface area contributed by atoms with Crippen molar-refractivity contribution in [1.29, 1.82) is 0 Å². The van der Waals surface area contributed by atoms with E-state index >= 15 is 0 Å². The van der Waals surface area contributed by atoms with Gasteiger partial charge in [-0.1, -0.05) is 26.8 Å². The maximum Gasteiger partial charge on any atom is 0.0408 e. The van der Waals surface area contributed by atoms with Crippen LogP contribution in [-0.4, -0.2) is 9.97 Å². The van der Waals surface area contributed by atoms with Gasteiger partial charge in [0, 0.05) is 24.3 Å². The molecular formula is C18H24N2. The quantitative estimate of drug-likeness (QED) is 0.788. The van der Waals surface area contributed by atoms with Gasteiger partial charge in [-0.05, 0) is 60.4 Å². The Bertz CT molecular complexity index is 520. The standard InChI is InChI=1S/C18H24N2/c1-14(2)9-18-12-16(6-8-20-18)10-15(3)11-17-5-4-7-19-13-17/h4-8,12-15H,9-11H2,1-3H3. The lowest BCUT2D eigenvalue weighted by atomic mass is 9.94. The SMILES string of the molecule is CC(C)Cc1cc(CC(C)Cc2cccnc2)ccn1. The molecule has 2 rings (SSSR count).